The number of nitrogens with zero attached hydrogens (tertiary/aromatic N) is 2. The van der Waals surface area contributed by atoms with Crippen molar-refractivity contribution in [1.82, 2.24) is 10.2 Å². The maximum atomic E-state index is 9.65. The number of likely N-dealkylation sites (N-methyl/N-ethyl adjacent to an activating group) is 2. The number of hydrogen-bond acceptors (Lipinski definition) is 3. The van der Waals surface area contributed by atoms with Crippen molar-refractivity contribution in [3.63, 3.8) is 0 Å². The van der Waals surface area contributed by atoms with Gasteiger partial charge in [0.2, 0.25) is 0 Å². The molecule has 0 amide bonds. The zero-order valence-electron chi connectivity index (χ0n) is 12.5. The van der Waals surface area contributed by atoms with E-state index < -0.39 is 5.54 Å². The Balaban J connectivity index is 2.93. The van der Waals surface area contributed by atoms with Crippen molar-refractivity contribution >= 4 is 0 Å². The van der Waals surface area contributed by atoms with E-state index in [1.807, 2.05) is 37.4 Å². The smallest absolute Gasteiger partial charge is 0.144 e. The molecule has 0 fully saturated rings. The summed E-state index contributed by atoms with van der Waals surface area (Å²) in [4.78, 5) is 2.26. The van der Waals surface area contributed by atoms with Gasteiger partial charge < -0.3 is 4.90 Å². The minimum absolute atomic E-state index is 0.481. The summed E-state index contributed by atoms with van der Waals surface area (Å²) >= 11 is 0. The third-order valence-corrected chi connectivity index (χ3v) is 3.83. The molecule has 1 N–H and O–H groups in total. The average Bonchev–Trinajstić information content (AvgIpc) is 2.46. The second kappa shape index (κ2) is 7.28. The van der Waals surface area contributed by atoms with Crippen LogP contribution in [0.5, 0.6) is 0 Å². The molecule has 3 nitrogen and oxygen atoms in total. The molecule has 2 atom stereocenters. The molecule has 0 heterocycles. The van der Waals surface area contributed by atoms with Gasteiger partial charge in [0, 0.05) is 12.6 Å². The summed E-state index contributed by atoms with van der Waals surface area (Å²) in [5.41, 5.74) is 0.383. The van der Waals surface area contributed by atoms with E-state index in [0.717, 1.165) is 18.4 Å². The molecule has 0 bridgehead atoms. The molecule has 1 rings (SSSR count). The van der Waals surface area contributed by atoms with Gasteiger partial charge in [-0.25, -0.2) is 0 Å². The summed E-state index contributed by atoms with van der Waals surface area (Å²) in [6.45, 7) is 5.09. The Hall–Kier alpha value is -1.37. The molecule has 0 saturated heterocycles. The Labute approximate surface area is 117 Å². The van der Waals surface area contributed by atoms with Gasteiger partial charge in [-0.1, -0.05) is 43.7 Å². The molecule has 2 unspecified atom stereocenters. The lowest BCUT2D eigenvalue weighted by molar-refractivity contribution is 0.196. The molecule has 0 aliphatic heterocycles. The molecule has 1 aromatic carbocycles. The predicted octanol–water partition coefficient (Wildman–Crippen LogP) is 2.75. The first-order chi connectivity index (χ1) is 9.09. The molecule has 104 valence electrons. The lowest BCUT2D eigenvalue weighted by Gasteiger charge is -2.34. The maximum absolute atomic E-state index is 9.65. The summed E-state index contributed by atoms with van der Waals surface area (Å²) in [5.74, 6) is 0. The van der Waals surface area contributed by atoms with Gasteiger partial charge in [0.15, 0.2) is 0 Å². The fourth-order valence-electron chi connectivity index (χ4n) is 2.36. The quantitative estimate of drug-likeness (QED) is 0.818. The van der Waals surface area contributed by atoms with Gasteiger partial charge in [-0.15, -0.1) is 0 Å². The van der Waals surface area contributed by atoms with Gasteiger partial charge >= 0.3 is 0 Å². The van der Waals surface area contributed by atoms with E-state index in [1.54, 1.807) is 0 Å². The van der Waals surface area contributed by atoms with Crippen LogP contribution in [0.2, 0.25) is 0 Å². The molecule has 0 aromatic heterocycles. The average molecular weight is 259 g/mol. The third kappa shape index (κ3) is 3.79. The number of rotatable bonds is 7. The summed E-state index contributed by atoms with van der Waals surface area (Å²) < 4.78 is 0. The van der Waals surface area contributed by atoms with E-state index in [2.05, 4.69) is 37.2 Å². The van der Waals surface area contributed by atoms with Gasteiger partial charge in [-0.2, -0.15) is 5.26 Å². The first-order valence-corrected chi connectivity index (χ1v) is 6.95. The van der Waals surface area contributed by atoms with Crippen LogP contribution in [0.3, 0.4) is 0 Å². The Kier molecular flexibility index (Phi) is 6.01. The summed E-state index contributed by atoms with van der Waals surface area (Å²) in [6.07, 6.45) is 2.31. The predicted molar refractivity (Wildman–Crippen MR) is 79.8 cm³/mol. The Bertz CT molecular complexity index is 410. The van der Waals surface area contributed by atoms with E-state index in [4.69, 9.17) is 0 Å². The van der Waals surface area contributed by atoms with Crippen LogP contribution < -0.4 is 5.32 Å². The first-order valence-electron chi connectivity index (χ1n) is 6.95. The van der Waals surface area contributed by atoms with Crippen LogP contribution in [-0.2, 0) is 5.54 Å². The van der Waals surface area contributed by atoms with Crippen LogP contribution in [-0.4, -0.2) is 31.6 Å². The van der Waals surface area contributed by atoms with E-state index in [9.17, 15) is 5.26 Å². The van der Waals surface area contributed by atoms with Gasteiger partial charge in [0.05, 0.1) is 6.07 Å². The molecule has 0 spiro atoms. The minimum Gasteiger partial charge on any atom is -0.300 e. The van der Waals surface area contributed by atoms with Crippen LogP contribution in [0, 0.1) is 11.3 Å². The number of benzene rings is 1. The molecule has 3 heteroatoms. The zero-order valence-corrected chi connectivity index (χ0v) is 12.5. The van der Waals surface area contributed by atoms with Gasteiger partial charge in [0.25, 0.3) is 0 Å². The summed E-state index contributed by atoms with van der Waals surface area (Å²) in [5, 5.41) is 12.9. The lowest BCUT2D eigenvalue weighted by Crippen LogP contribution is -2.49. The molecule has 0 aliphatic rings. The second-order valence-corrected chi connectivity index (χ2v) is 5.19. The molecule has 0 saturated carbocycles. The van der Waals surface area contributed by atoms with Crippen LogP contribution in [0.1, 0.15) is 32.3 Å². The number of hydrogen-bond donors (Lipinski definition) is 1. The summed E-state index contributed by atoms with van der Waals surface area (Å²) in [7, 11) is 3.95. The van der Waals surface area contributed by atoms with Crippen molar-refractivity contribution in [1.29, 1.82) is 5.26 Å². The van der Waals surface area contributed by atoms with E-state index in [-0.39, 0.29) is 0 Å². The van der Waals surface area contributed by atoms with Crippen molar-refractivity contribution in [2.75, 3.05) is 20.6 Å². The zero-order chi connectivity index (χ0) is 14.3. The SMILES string of the molecule is CCCC(C)N(C)CC(C#N)(NC)c1ccccc1. The van der Waals surface area contributed by atoms with Gasteiger partial charge in [0.1, 0.15) is 5.54 Å². The van der Waals surface area contributed by atoms with Crippen LogP contribution >= 0.6 is 0 Å². The molecule has 1 aromatic rings. The Morgan fingerprint density at radius 1 is 1.37 bits per heavy atom. The lowest BCUT2D eigenvalue weighted by atomic mass is 9.90. The summed E-state index contributed by atoms with van der Waals surface area (Å²) in [6, 6.07) is 12.9. The Morgan fingerprint density at radius 3 is 2.47 bits per heavy atom. The van der Waals surface area contributed by atoms with Gasteiger partial charge in [-0.05, 0) is 33.0 Å². The van der Waals surface area contributed by atoms with Gasteiger partial charge in [-0.3, -0.25) is 5.32 Å². The standard InChI is InChI=1S/C16H25N3/c1-5-9-14(2)19(4)13-16(12-17,18-3)15-10-7-6-8-11-15/h6-8,10-11,14,18H,5,9,13H2,1-4H3. The van der Waals surface area contributed by atoms with Crippen LogP contribution in [0.25, 0.3) is 0 Å². The van der Waals surface area contributed by atoms with Crippen molar-refractivity contribution < 1.29 is 0 Å². The second-order valence-electron chi connectivity index (χ2n) is 5.19. The van der Waals surface area contributed by atoms with Crippen molar-refractivity contribution in [2.24, 2.45) is 0 Å². The number of nitrogens with one attached hydrogen (secondary N) is 1. The third-order valence-electron chi connectivity index (χ3n) is 3.83. The normalized spacial score (nSPS) is 15.8. The fourth-order valence-corrected chi connectivity index (χ4v) is 2.36. The van der Waals surface area contributed by atoms with Crippen LogP contribution in [0.15, 0.2) is 30.3 Å². The number of nitriles is 1. The topological polar surface area (TPSA) is 39.1 Å². The van der Waals surface area contributed by atoms with E-state index >= 15 is 0 Å². The van der Waals surface area contributed by atoms with Crippen molar-refractivity contribution in [2.45, 2.75) is 38.3 Å². The minimum atomic E-state index is -0.641. The largest absolute Gasteiger partial charge is 0.300 e. The van der Waals surface area contributed by atoms with Crippen molar-refractivity contribution in [3.05, 3.63) is 35.9 Å². The van der Waals surface area contributed by atoms with Crippen LogP contribution in [0.4, 0.5) is 0 Å². The molecule has 0 radical (unpaired) electrons. The van der Waals surface area contributed by atoms with Crippen molar-refractivity contribution in [3.8, 4) is 6.07 Å². The van der Waals surface area contributed by atoms with E-state index in [0.29, 0.717) is 12.6 Å². The molecule has 19 heavy (non-hydrogen) atoms. The highest BCUT2D eigenvalue weighted by atomic mass is 15.2. The molecule has 0 aliphatic carbocycles. The maximum Gasteiger partial charge on any atom is 0.144 e. The highest BCUT2D eigenvalue weighted by Crippen LogP contribution is 2.22. The molecular weight excluding hydrogens is 234 g/mol. The highest BCUT2D eigenvalue weighted by molar-refractivity contribution is 5.31. The Morgan fingerprint density at radius 2 is 2.00 bits per heavy atom. The fraction of sp³-hybridized carbons (Fsp3) is 0.562. The monoisotopic (exact) mass is 259 g/mol. The highest BCUT2D eigenvalue weighted by Gasteiger charge is 2.32. The first kappa shape index (κ1) is 15.7. The van der Waals surface area contributed by atoms with E-state index in [1.165, 1.54) is 0 Å². The molecular formula is C16H25N3.